The van der Waals surface area contributed by atoms with Gasteiger partial charge in [-0.05, 0) is 17.5 Å². The summed E-state index contributed by atoms with van der Waals surface area (Å²) in [5, 5.41) is 6.91. The number of nitrogens with zero attached hydrogens (tertiary/aromatic N) is 3. The third kappa shape index (κ3) is 3.67. The van der Waals surface area contributed by atoms with Crippen molar-refractivity contribution >= 4 is 25.0 Å². The molecule has 1 atom stereocenters. The number of benzene rings is 2. The minimum absolute atomic E-state index is 0.955. The minimum atomic E-state index is -1.69. The van der Waals surface area contributed by atoms with Crippen molar-refractivity contribution in [3.8, 4) is 0 Å². The molecule has 3 rings (SSSR count). The topological polar surface area (TPSA) is 30.7 Å². The fourth-order valence-electron chi connectivity index (χ4n) is 2.49. The Morgan fingerprint density at radius 3 is 2.32 bits per heavy atom. The molecule has 0 radical (unpaired) electrons. The van der Waals surface area contributed by atoms with Crippen molar-refractivity contribution in [2.75, 3.05) is 5.38 Å². The predicted molar refractivity (Wildman–Crippen MR) is 94.9 cm³/mol. The van der Waals surface area contributed by atoms with Gasteiger partial charge in [-0.15, -0.1) is 11.8 Å². The van der Waals surface area contributed by atoms with Crippen molar-refractivity contribution in [3.05, 3.63) is 73.3 Å². The van der Waals surface area contributed by atoms with Crippen molar-refractivity contribution in [1.29, 1.82) is 0 Å². The van der Waals surface area contributed by atoms with Crippen LogP contribution in [-0.2, 0) is 6.17 Å². The zero-order chi connectivity index (χ0) is 15.3. The van der Waals surface area contributed by atoms with Crippen LogP contribution in [-0.4, -0.2) is 28.2 Å². The first-order chi connectivity index (χ1) is 10.8. The highest BCUT2D eigenvalue weighted by atomic mass is 32.2. The summed E-state index contributed by atoms with van der Waals surface area (Å²) in [7, 11) is -1.69. The van der Waals surface area contributed by atoms with E-state index in [1.54, 1.807) is 6.33 Å². The molecule has 0 amide bonds. The van der Waals surface area contributed by atoms with Gasteiger partial charge < -0.3 is 0 Å². The smallest absolute Gasteiger partial charge is 0.137 e. The zero-order valence-electron chi connectivity index (χ0n) is 12.6. The maximum atomic E-state index is 4.31. The van der Waals surface area contributed by atoms with Crippen molar-refractivity contribution < 1.29 is 0 Å². The highest BCUT2D eigenvalue weighted by Crippen LogP contribution is 2.22. The van der Waals surface area contributed by atoms with Crippen LogP contribution in [0.5, 0.6) is 0 Å². The molecular weight excluding hydrogens is 306 g/mol. The third-order valence-corrected chi connectivity index (χ3v) is 10.2. The summed E-state index contributed by atoms with van der Waals surface area (Å²) >= 11 is 1.94. The molecule has 22 heavy (non-hydrogen) atoms. The van der Waals surface area contributed by atoms with E-state index >= 15 is 0 Å². The minimum Gasteiger partial charge on any atom is -0.255 e. The lowest BCUT2D eigenvalue weighted by Gasteiger charge is -2.27. The lowest BCUT2D eigenvalue weighted by molar-refractivity contribution is 0.725. The fourth-order valence-corrected chi connectivity index (χ4v) is 7.87. The highest BCUT2D eigenvalue weighted by molar-refractivity contribution is 8.01. The molecule has 0 aliphatic rings. The molecule has 0 fully saturated rings. The average Bonchev–Trinajstić information content (AvgIpc) is 3.08. The molecule has 3 nitrogen and oxygen atoms in total. The van der Waals surface area contributed by atoms with E-state index in [4.69, 9.17) is 0 Å². The van der Waals surface area contributed by atoms with E-state index in [-0.39, 0.29) is 0 Å². The molecule has 1 heterocycles. The lowest BCUT2D eigenvalue weighted by atomic mass is 10.4. The quantitative estimate of drug-likeness (QED) is 0.515. The monoisotopic (exact) mass is 325 g/mol. The first kappa shape index (κ1) is 15.1. The number of rotatable bonds is 6. The first-order valence-corrected chi connectivity index (χ1v) is 11.2. The summed E-state index contributed by atoms with van der Waals surface area (Å²) in [6.45, 7) is 2.43. The van der Waals surface area contributed by atoms with Crippen LogP contribution >= 0.6 is 11.8 Å². The molecule has 5 heteroatoms. The normalized spacial score (nSPS) is 13.7. The Bertz CT molecular complexity index is 688. The zero-order valence-corrected chi connectivity index (χ0v) is 14.4. The first-order valence-electron chi connectivity index (χ1n) is 7.32. The molecule has 0 saturated heterocycles. The van der Waals surface area contributed by atoms with E-state index in [0.29, 0.717) is 0 Å². The van der Waals surface area contributed by atoms with Gasteiger partial charge in [0.15, 0.2) is 0 Å². The van der Waals surface area contributed by atoms with Gasteiger partial charge in [0.05, 0.1) is 0 Å². The molecule has 1 aromatic heterocycles. The molecule has 0 bridgehead atoms. The van der Waals surface area contributed by atoms with Crippen LogP contribution in [0.4, 0.5) is 0 Å². The molecule has 1 unspecified atom stereocenters. The molecule has 0 aliphatic carbocycles. The van der Waals surface area contributed by atoms with Crippen LogP contribution < -0.4 is 5.19 Å². The van der Waals surface area contributed by atoms with Gasteiger partial charge >= 0.3 is 0 Å². The Kier molecular flexibility index (Phi) is 4.75. The van der Waals surface area contributed by atoms with Crippen LogP contribution in [0.1, 0.15) is 0 Å². The van der Waals surface area contributed by atoms with Crippen molar-refractivity contribution in [2.45, 2.75) is 17.6 Å². The molecule has 3 aromatic rings. The molecule has 0 aliphatic heterocycles. The number of hydrogen-bond donors (Lipinski definition) is 0. The van der Waals surface area contributed by atoms with Gasteiger partial charge in [-0.25, -0.2) is 4.98 Å². The maximum Gasteiger partial charge on any atom is 0.137 e. The summed E-state index contributed by atoms with van der Waals surface area (Å²) < 4.78 is 1.98. The van der Waals surface area contributed by atoms with Crippen molar-refractivity contribution in [2.24, 2.45) is 0 Å². The molecule has 0 saturated carbocycles. The van der Waals surface area contributed by atoms with E-state index in [9.17, 15) is 0 Å². The van der Waals surface area contributed by atoms with Gasteiger partial charge in [-0.3, -0.25) is 4.68 Å². The van der Waals surface area contributed by atoms with Gasteiger partial charge in [0, 0.05) is 11.1 Å². The number of hydrogen-bond acceptors (Lipinski definition) is 3. The largest absolute Gasteiger partial charge is 0.255 e. The Labute approximate surface area is 136 Å². The molecule has 0 N–H and O–H groups in total. The fraction of sp³-hybridized carbons (Fsp3) is 0.176. The molecule has 112 valence electrons. The molecular formula is C17H19N3SSi. The second kappa shape index (κ2) is 6.94. The van der Waals surface area contributed by atoms with E-state index in [1.807, 2.05) is 22.8 Å². The maximum absolute atomic E-state index is 4.31. The second-order valence-corrected chi connectivity index (χ2v) is 11.6. The average molecular weight is 326 g/mol. The van der Waals surface area contributed by atoms with Crippen LogP contribution in [0.25, 0.3) is 0 Å². The lowest BCUT2D eigenvalue weighted by Crippen LogP contribution is -2.52. The van der Waals surface area contributed by atoms with Gasteiger partial charge in [0.2, 0.25) is 0 Å². The molecule has 0 spiro atoms. The standard InChI is InChI=1S/C17H19N3SSi/c1-22(14-20-13-18-12-19-20,17-10-6-3-7-11-17)15-21-16-8-4-2-5-9-16/h2-13H,14-15H2,1H3. The summed E-state index contributed by atoms with van der Waals surface area (Å²) in [5.74, 6) is 0. The van der Waals surface area contributed by atoms with Crippen LogP contribution in [0, 0.1) is 0 Å². The van der Waals surface area contributed by atoms with Crippen LogP contribution in [0.3, 0.4) is 0 Å². The SMILES string of the molecule is C[Si](CSc1ccccc1)(Cn1cncn1)c1ccccc1. The van der Waals surface area contributed by atoms with E-state index in [2.05, 4.69) is 77.3 Å². The Hall–Kier alpha value is -1.85. The summed E-state index contributed by atoms with van der Waals surface area (Å²) in [6.07, 6.45) is 4.39. The third-order valence-electron chi connectivity index (χ3n) is 3.75. The Balaban J connectivity index is 1.82. The Morgan fingerprint density at radius 1 is 1.00 bits per heavy atom. The summed E-state index contributed by atoms with van der Waals surface area (Å²) in [4.78, 5) is 5.41. The van der Waals surface area contributed by atoms with Crippen LogP contribution in [0.15, 0.2) is 78.2 Å². The van der Waals surface area contributed by atoms with E-state index < -0.39 is 8.07 Å². The van der Waals surface area contributed by atoms with E-state index in [0.717, 1.165) is 11.5 Å². The van der Waals surface area contributed by atoms with Gasteiger partial charge in [0.1, 0.15) is 20.7 Å². The Morgan fingerprint density at radius 2 is 1.68 bits per heavy atom. The van der Waals surface area contributed by atoms with Crippen molar-refractivity contribution in [3.63, 3.8) is 0 Å². The summed E-state index contributed by atoms with van der Waals surface area (Å²) in [5.41, 5.74) is 0. The van der Waals surface area contributed by atoms with Gasteiger partial charge in [-0.1, -0.05) is 60.3 Å². The number of aromatic nitrogens is 3. The number of thioether (sulfide) groups is 1. The van der Waals surface area contributed by atoms with Crippen LogP contribution in [0.2, 0.25) is 6.55 Å². The second-order valence-electron chi connectivity index (χ2n) is 5.62. The molecule has 2 aromatic carbocycles. The predicted octanol–water partition coefficient (Wildman–Crippen LogP) is 3.13. The van der Waals surface area contributed by atoms with E-state index in [1.165, 1.54) is 10.1 Å². The highest BCUT2D eigenvalue weighted by Gasteiger charge is 2.30. The van der Waals surface area contributed by atoms with Gasteiger partial charge in [-0.2, -0.15) is 5.10 Å². The summed E-state index contributed by atoms with van der Waals surface area (Å²) in [6, 6.07) is 21.5. The van der Waals surface area contributed by atoms with Crippen molar-refractivity contribution in [1.82, 2.24) is 14.8 Å². The van der Waals surface area contributed by atoms with Gasteiger partial charge in [0.25, 0.3) is 0 Å².